The molecule has 3 nitrogen and oxygen atoms in total. The van der Waals surface area contributed by atoms with E-state index in [2.05, 4.69) is 15.9 Å². The molecular formula is C13H13BrO3. The molecule has 17 heavy (non-hydrogen) atoms. The van der Waals surface area contributed by atoms with Crippen LogP contribution in [0.3, 0.4) is 0 Å². The van der Waals surface area contributed by atoms with E-state index in [9.17, 15) is 9.59 Å². The molecular weight excluding hydrogens is 284 g/mol. The van der Waals surface area contributed by atoms with Gasteiger partial charge in [0.25, 0.3) is 0 Å². The number of carbonyl (C=O) groups excluding carboxylic acids is 2. The first-order valence-corrected chi connectivity index (χ1v) is 6.42. The molecule has 1 aromatic rings. The minimum absolute atomic E-state index is 0.123. The van der Waals surface area contributed by atoms with Gasteiger partial charge in [-0.1, -0.05) is 35.0 Å². The number of fused-ring (bicyclic) bond motifs is 1. The van der Waals surface area contributed by atoms with Crippen LogP contribution < -0.4 is 0 Å². The number of hydrogen-bond donors (Lipinski definition) is 0. The molecule has 0 fully saturated rings. The number of hydrogen-bond acceptors (Lipinski definition) is 3. The number of halogens is 1. The van der Waals surface area contributed by atoms with Gasteiger partial charge in [-0.05, 0) is 24.5 Å². The van der Waals surface area contributed by atoms with E-state index in [0.717, 1.165) is 16.5 Å². The molecule has 4 heteroatoms. The predicted octanol–water partition coefficient (Wildman–Crippen LogP) is 2.76. The van der Waals surface area contributed by atoms with Crippen molar-refractivity contribution in [2.45, 2.75) is 19.8 Å². The van der Waals surface area contributed by atoms with Gasteiger partial charge in [0.2, 0.25) is 0 Å². The third-order valence-corrected chi connectivity index (χ3v) is 3.58. The van der Waals surface area contributed by atoms with E-state index < -0.39 is 11.9 Å². The number of rotatable bonds is 3. The van der Waals surface area contributed by atoms with E-state index >= 15 is 0 Å². The number of Topliss-reactive ketones (excluding diaryl/α,β-unsaturated/α-hetero) is 1. The van der Waals surface area contributed by atoms with Crippen molar-refractivity contribution in [3.8, 4) is 0 Å². The van der Waals surface area contributed by atoms with Gasteiger partial charge in [0.05, 0.1) is 6.61 Å². The molecule has 0 amide bonds. The van der Waals surface area contributed by atoms with Gasteiger partial charge in [-0.15, -0.1) is 0 Å². The van der Waals surface area contributed by atoms with Crippen molar-refractivity contribution in [2.24, 2.45) is 5.92 Å². The molecule has 0 heterocycles. The first-order chi connectivity index (χ1) is 8.15. The number of ether oxygens (including phenoxy) is 1. The van der Waals surface area contributed by atoms with Crippen LogP contribution in [0.4, 0.5) is 0 Å². The minimum Gasteiger partial charge on any atom is -0.465 e. The van der Waals surface area contributed by atoms with E-state index in [1.54, 1.807) is 12.1 Å². The van der Waals surface area contributed by atoms with Crippen molar-refractivity contribution in [1.29, 1.82) is 0 Å². The Balaban J connectivity index is 2.20. The van der Waals surface area contributed by atoms with Crippen molar-refractivity contribution in [3.63, 3.8) is 0 Å². The molecule has 0 N–H and O–H groups in total. The maximum Gasteiger partial charge on any atom is 0.317 e. The van der Waals surface area contributed by atoms with Gasteiger partial charge in [0.15, 0.2) is 5.78 Å². The van der Waals surface area contributed by atoms with E-state index in [1.165, 1.54) is 0 Å². The molecule has 1 aliphatic rings. The van der Waals surface area contributed by atoms with Crippen LogP contribution in [0, 0.1) is 5.92 Å². The lowest BCUT2D eigenvalue weighted by Gasteiger charge is -2.07. The molecule has 0 radical (unpaired) electrons. The molecule has 1 atom stereocenters. The van der Waals surface area contributed by atoms with Crippen LogP contribution in [-0.2, 0) is 16.0 Å². The Labute approximate surface area is 108 Å². The zero-order valence-corrected chi connectivity index (χ0v) is 11.1. The summed E-state index contributed by atoms with van der Waals surface area (Å²) in [6.07, 6.45) is 1.21. The molecule has 1 unspecified atom stereocenters. The van der Waals surface area contributed by atoms with Crippen molar-refractivity contribution < 1.29 is 14.3 Å². The van der Waals surface area contributed by atoms with Crippen LogP contribution >= 0.6 is 15.9 Å². The summed E-state index contributed by atoms with van der Waals surface area (Å²) in [6.45, 7) is 2.30. The molecule has 1 aromatic carbocycles. The Hall–Kier alpha value is -1.16. The maximum absolute atomic E-state index is 12.0. The smallest absolute Gasteiger partial charge is 0.317 e. The summed E-state index contributed by atoms with van der Waals surface area (Å²) in [7, 11) is 0. The van der Waals surface area contributed by atoms with Gasteiger partial charge in [-0.3, -0.25) is 9.59 Å². The second-order valence-electron chi connectivity index (χ2n) is 4.05. The first-order valence-electron chi connectivity index (χ1n) is 5.63. The van der Waals surface area contributed by atoms with Crippen LogP contribution in [-0.4, -0.2) is 18.4 Å². The number of esters is 1. The topological polar surface area (TPSA) is 43.4 Å². The second kappa shape index (κ2) is 5.00. The third kappa shape index (κ3) is 2.27. The number of carbonyl (C=O) groups is 2. The fourth-order valence-electron chi connectivity index (χ4n) is 1.98. The van der Waals surface area contributed by atoms with E-state index in [1.807, 2.05) is 13.0 Å². The SMILES string of the molecule is CCCOC(=O)C1Cc2c(Br)cccc2C1=O. The van der Waals surface area contributed by atoms with Gasteiger partial charge in [-0.2, -0.15) is 0 Å². The van der Waals surface area contributed by atoms with Crippen molar-refractivity contribution in [3.05, 3.63) is 33.8 Å². The summed E-state index contributed by atoms with van der Waals surface area (Å²) in [5.74, 6) is -1.18. The summed E-state index contributed by atoms with van der Waals surface area (Å²) in [5.41, 5.74) is 1.55. The lowest BCUT2D eigenvalue weighted by Crippen LogP contribution is -2.23. The Kier molecular flexibility index (Phi) is 3.62. The highest BCUT2D eigenvalue weighted by molar-refractivity contribution is 9.10. The molecule has 0 aliphatic heterocycles. The summed E-state index contributed by atoms with van der Waals surface area (Å²) >= 11 is 3.40. The monoisotopic (exact) mass is 296 g/mol. The third-order valence-electron chi connectivity index (χ3n) is 2.84. The second-order valence-corrected chi connectivity index (χ2v) is 4.91. The van der Waals surface area contributed by atoms with Crippen LogP contribution in [0.1, 0.15) is 29.3 Å². The van der Waals surface area contributed by atoms with Crippen LogP contribution in [0.2, 0.25) is 0 Å². The Morgan fingerprint density at radius 2 is 2.29 bits per heavy atom. The molecule has 0 spiro atoms. The molecule has 90 valence electrons. The zero-order valence-electron chi connectivity index (χ0n) is 9.53. The zero-order chi connectivity index (χ0) is 12.4. The highest BCUT2D eigenvalue weighted by Crippen LogP contribution is 2.32. The molecule has 0 saturated carbocycles. The van der Waals surface area contributed by atoms with Gasteiger partial charge < -0.3 is 4.74 Å². The van der Waals surface area contributed by atoms with Crippen LogP contribution in [0.15, 0.2) is 22.7 Å². The Morgan fingerprint density at radius 1 is 1.53 bits per heavy atom. The number of benzene rings is 1. The number of ketones is 1. The molecule has 0 saturated heterocycles. The lowest BCUT2D eigenvalue weighted by atomic mass is 10.1. The molecule has 2 rings (SSSR count). The fourth-order valence-corrected chi connectivity index (χ4v) is 2.50. The lowest BCUT2D eigenvalue weighted by molar-refractivity contribution is -0.146. The van der Waals surface area contributed by atoms with Crippen molar-refractivity contribution in [2.75, 3.05) is 6.61 Å². The summed E-state index contributed by atoms with van der Waals surface area (Å²) in [4.78, 5) is 23.8. The van der Waals surface area contributed by atoms with E-state index in [0.29, 0.717) is 18.6 Å². The van der Waals surface area contributed by atoms with Gasteiger partial charge in [0, 0.05) is 10.0 Å². The van der Waals surface area contributed by atoms with Crippen molar-refractivity contribution >= 4 is 27.7 Å². The molecule has 1 aliphatic carbocycles. The van der Waals surface area contributed by atoms with E-state index in [4.69, 9.17) is 4.74 Å². The quantitative estimate of drug-likeness (QED) is 0.636. The highest BCUT2D eigenvalue weighted by Gasteiger charge is 2.37. The van der Waals surface area contributed by atoms with E-state index in [-0.39, 0.29) is 5.78 Å². The van der Waals surface area contributed by atoms with Crippen LogP contribution in [0.5, 0.6) is 0 Å². The normalized spacial score (nSPS) is 18.0. The van der Waals surface area contributed by atoms with Crippen molar-refractivity contribution in [1.82, 2.24) is 0 Å². The largest absolute Gasteiger partial charge is 0.465 e. The average molecular weight is 297 g/mol. The van der Waals surface area contributed by atoms with Gasteiger partial charge in [0.1, 0.15) is 5.92 Å². The van der Waals surface area contributed by atoms with Gasteiger partial charge >= 0.3 is 5.97 Å². The summed E-state index contributed by atoms with van der Waals surface area (Å²) in [5, 5.41) is 0. The Bertz CT molecular complexity index is 468. The maximum atomic E-state index is 12.0. The summed E-state index contributed by atoms with van der Waals surface area (Å²) in [6, 6.07) is 5.45. The Morgan fingerprint density at radius 3 is 2.94 bits per heavy atom. The fraction of sp³-hybridized carbons (Fsp3) is 0.385. The van der Waals surface area contributed by atoms with Crippen LogP contribution in [0.25, 0.3) is 0 Å². The first kappa shape index (κ1) is 12.3. The average Bonchev–Trinajstić information content (AvgIpc) is 2.66. The standard InChI is InChI=1S/C13H13BrO3/c1-2-6-17-13(16)10-7-9-8(12(10)15)4-3-5-11(9)14/h3-5,10H,2,6-7H2,1H3. The molecule has 0 aromatic heterocycles. The molecule has 0 bridgehead atoms. The predicted molar refractivity (Wildman–Crippen MR) is 66.9 cm³/mol. The summed E-state index contributed by atoms with van der Waals surface area (Å²) < 4.78 is 5.92. The highest BCUT2D eigenvalue weighted by atomic mass is 79.9. The minimum atomic E-state index is -0.657. The van der Waals surface area contributed by atoms with Gasteiger partial charge in [-0.25, -0.2) is 0 Å².